The predicted molar refractivity (Wildman–Crippen MR) is 52.6 cm³/mol. The highest BCUT2D eigenvalue weighted by Gasteiger charge is 2.02. The summed E-state index contributed by atoms with van der Waals surface area (Å²) in [7, 11) is 0. The van der Waals surface area contributed by atoms with E-state index < -0.39 is 4.92 Å². The van der Waals surface area contributed by atoms with Crippen molar-refractivity contribution in [3.05, 3.63) is 45.0 Å². The molecule has 0 spiro atoms. The quantitative estimate of drug-likeness (QED) is 0.540. The molecule has 0 unspecified atom stereocenters. The smallest absolute Gasteiger partial charge is 0.258 e. The number of nitro groups is 1. The van der Waals surface area contributed by atoms with Crippen LogP contribution in [0.25, 0.3) is 6.08 Å². The van der Waals surface area contributed by atoms with Gasteiger partial charge in [-0.05, 0) is 30.7 Å². The second kappa shape index (κ2) is 4.05. The molecule has 68 valence electrons. The largest absolute Gasteiger partial charge is 0.269 e. The average Bonchev–Trinajstić information content (AvgIpc) is 2.04. The summed E-state index contributed by atoms with van der Waals surface area (Å²) >= 11 is 5.64. The molecule has 1 aromatic rings. The molecule has 1 rings (SSSR count). The van der Waals surface area contributed by atoms with E-state index in [1.807, 2.05) is 0 Å². The molecule has 0 aliphatic rings. The van der Waals surface area contributed by atoms with Gasteiger partial charge in [-0.1, -0.05) is 11.6 Å². The van der Waals surface area contributed by atoms with Crippen molar-refractivity contribution in [1.29, 1.82) is 0 Å². The van der Waals surface area contributed by atoms with Crippen LogP contribution in [0, 0.1) is 10.1 Å². The first-order chi connectivity index (χ1) is 6.09. The maximum atomic E-state index is 10.3. The van der Waals surface area contributed by atoms with Crippen molar-refractivity contribution < 1.29 is 4.92 Å². The Morgan fingerprint density at radius 3 is 2.38 bits per heavy atom. The van der Waals surface area contributed by atoms with E-state index >= 15 is 0 Å². The highest BCUT2D eigenvalue weighted by molar-refractivity contribution is 6.31. The lowest BCUT2D eigenvalue weighted by molar-refractivity contribution is -0.384. The van der Waals surface area contributed by atoms with Crippen molar-refractivity contribution in [3.8, 4) is 0 Å². The van der Waals surface area contributed by atoms with Crippen LogP contribution in [0.3, 0.4) is 0 Å². The number of rotatable bonds is 2. The summed E-state index contributed by atoms with van der Waals surface area (Å²) < 4.78 is 0. The lowest BCUT2D eigenvalue weighted by Gasteiger charge is -1.93. The Hall–Kier alpha value is -1.35. The van der Waals surface area contributed by atoms with Crippen LogP contribution in [0.2, 0.25) is 0 Å². The zero-order valence-corrected chi connectivity index (χ0v) is 7.78. The van der Waals surface area contributed by atoms with Gasteiger partial charge in [-0.15, -0.1) is 0 Å². The Kier molecular flexibility index (Phi) is 3.03. The number of halogens is 1. The van der Waals surface area contributed by atoms with Crippen LogP contribution in [0.1, 0.15) is 12.5 Å². The van der Waals surface area contributed by atoms with Crippen LogP contribution >= 0.6 is 11.6 Å². The van der Waals surface area contributed by atoms with E-state index in [0.29, 0.717) is 5.03 Å². The minimum absolute atomic E-state index is 0.0874. The van der Waals surface area contributed by atoms with Gasteiger partial charge in [0.15, 0.2) is 0 Å². The monoisotopic (exact) mass is 197 g/mol. The Morgan fingerprint density at radius 2 is 2.00 bits per heavy atom. The SMILES string of the molecule is CC(Cl)=Cc1ccc([N+](=O)[O-])cc1. The summed E-state index contributed by atoms with van der Waals surface area (Å²) in [6.45, 7) is 1.75. The Bertz CT molecular complexity index is 339. The molecule has 0 saturated carbocycles. The topological polar surface area (TPSA) is 43.1 Å². The number of non-ortho nitro benzene ring substituents is 1. The van der Waals surface area contributed by atoms with E-state index in [-0.39, 0.29) is 5.69 Å². The van der Waals surface area contributed by atoms with Gasteiger partial charge in [0, 0.05) is 17.2 Å². The van der Waals surface area contributed by atoms with Gasteiger partial charge in [0.1, 0.15) is 0 Å². The van der Waals surface area contributed by atoms with Crippen molar-refractivity contribution in [3.63, 3.8) is 0 Å². The predicted octanol–water partition coefficient (Wildman–Crippen LogP) is 3.19. The summed E-state index contributed by atoms with van der Waals surface area (Å²) in [6, 6.07) is 6.21. The molecule has 0 radical (unpaired) electrons. The van der Waals surface area contributed by atoms with Crippen molar-refractivity contribution in [1.82, 2.24) is 0 Å². The number of hydrogen-bond acceptors (Lipinski definition) is 2. The fourth-order valence-corrected chi connectivity index (χ4v) is 1.05. The van der Waals surface area contributed by atoms with E-state index in [4.69, 9.17) is 11.6 Å². The third-order valence-electron chi connectivity index (χ3n) is 1.47. The molecule has 0 fully saturated rings. The first-order valence-corrected chi connectivity index (χ1v) is 4.05. The first-order valence-electron chi connectivity index (χ1n) is 3.68. The molecule has 0 N–H and O–H groups in total. The number of hydrogen-bond donors (Lipinski definition) is 0. The molecule has 0 aliphatic carbocycles. The normalized spacial score (nSPS) is 11.4. The summed E-state index contributed by atoms with van der Waals surface area (Å²) in [5.74, 6) is 0. The molecule has 0 aliphatic heterocycles. The molecule has 4 heteroatoms. The van der Waals surface area contributed by atoms with E-state index in [2.05, 4.69) is 0 Å². The first kappa shape index (κ1) is 9.74. The van der Waals surface area contributed by atoms with Crippen molar-refractivity contribution in [2.75, 3.05) is 0 Å². The van der Waals surface area contributed by atoms with Crippen LogP contribution < -0.4 is 0 Å². The van der Waals surface area contributed by atoms with Crippen LogP contribution in [-0.4, -0.2) is 4.92 Å². The van der Waals surface area contributed by atoms with Crippen LogP contribution in [-0.2, 0) is 0 Å². The highest BCUT2D eigenvalue weighted by atomic mass is 35.5. The number of benzene rings is 1. The lowest BCUT2D eigenvalue weighted by atomic mass is 10.2. The Balaban J connectivity index is 2.94. The molecule has 3 nitrogen and oxygen atoms in total. The maximum Gasteiger partial charge on any atom is 0.269 e. The van der Waals surface area contributed by atoms with Crippen LogP contribution in [0.5, 0.6) is 0 Å². The highest BCUT2D eigenvalue weighted by Crippen LogP contribution is 2.14. The van der Waals surface area contributed by atoms with Crippen LogP contribution in [0.15, 0.2) is 29.3 Å². The van der Waals surface area contributed by atoms with Crippen molar-refractivity contribution in [2.24, 2.45) is 0 Å². The van der Waals surface area contributed by atoms with Gasteiger partial charge in [0.2, 0.25) is 0 Å². The molecule has 0 amide bonds. The molecule has 0 bridgehead atoms. The summed E-state index contributed by atoms with van der Waals surface area (Å²) in [4.78, 5) is 9.87. The third-order valence-corrected chi connectivity index (χ3v) is 1.58. The second-order valence-electron chi connectivity index (χ2n) is 2.58. The lowest BCUT2D eigenvalue weighted by Crippen LogP contribution is -1.86. The summed E-state index contributed by atoms with van der Waals surface area (Å²) in [5.41, 5.74) is 0.947. The fraction of sp³-hybridized carbons (Fsp3) is 0.111. The second-order valence-corrected chi connectivity index (χ2v) is 3.18. The Morgan fingerprint density at radius 1 is 1.46 bits per heavy atom. The third kappa shape index (κ3) is 2.87. The van der Waals surface area contributed by atoms with E-state index in [1.54, 1.807) is 25.1 Å². The zero-order chi connectivity index (χ0) is 9.84. The molecule has 0 saturated heterocycles. The van der Waals surface area contributed by atoms with Gasteiger partial charge in [-0.25, -0.2) is 0 Å². The van der Waals surface area contributed by atoms with E-state index in [9.17, 15) is 10.1 Å². The molecule has 0 atom stereocenters. The van der Waals surface area contributed by atoms with Gasteiger partial charge in [-0.3, -0.25) is 10.1 Å². The minimum atomic E-state index is -0.430. The van der Waals surface area contributed by atoms with Gasteiger partial charge >= 0.3 is 0 Å². The van der Waals surface area contributed by atoms with E-state index in [1.165, 1.54) is 12.1 Å². The molecule has 1 aromatic carbocycles. The molecule has 0 aromatic heterocycles. The van der Waals surface area contributed by atoms with Crippen molar-refractivity contribution >= 4 is 23.4 Å². The number of nitrogens with zero attached hydrogens (tertiary/aromatic N) is 1. The molecule has 0 heterocycles. The Labute approximate surface area is 80.8 Å². The van der Waals surface area contributed by atoms with E-state index in [0.717, 1.165) is 5.56 Å². The average molecular weight is 198 g/mol. The van der Waals surface area contributed by atoms with Gasteiger partial charge in [0.05, 0.1) is 4.92 Å². The summed E-state index contributed by atoms with van der Waals surface area (Å²) in [6.07, 6.45) is 1.74. The number of nitro benzene ring substituents is 1. The van der Waals surface area contributed by atoms with Crippen LogP contribution in [0.4, 0.5) is 5.69 Å². The van der Waals surface area contributed by atoms with Crippen molar-refractivity contribution in [2.45, 2.75) is 6.92 Å². The van der Waals surface area contributed by atoms with Gasteiger partial charge in [0.25, 0.3) is 5.69 Å². The maximum absolute atomic E-state index is 10.3. The summed E-state index contributed by atoms with van der Waals surface area (Å²) in [5, 5.41) is 10.9. The van der Waals surface area contributed by atoms with Gasteiger partial charge < -0.3 is 0 Å². The molecule has 13 heavy (non-hydrogen) atoms. The number of allylic oxidation sites excluding steroid dienone is 1. The molecular formula is C9H8ClNO2. The zero-order valence-electron chi connectivity index (χ0n) is 7.03. The fourth-order valence-electron chi connectivity index (χ4n) is 0.922. The minimum Gasteiger partial charge on any atom is -0.258 e. The van der Waals surface area contributed by atoms with Gasteiger partial charge in [-0.2, -0.15) is 0 Å². The molecular weight excluding hydrogens is 190 g/mol. The standard InChI is InChI=1S/C9H8ClNO2/c1-7(10)6-8-2-4-9(5-3-8)11(12)13/h2-6H,1H3.